The first-order valence-corrected chi connectivity index (χ1v) is 8.31. The van der Waals surface area contributed by atoms with Crippen LogP contribution in [0, 0.1) is 5.92 Å². The standard InChI is InChI=1S/C16H26N4O4/c1-10-7-5-6-8-16(10)12(22)20(14(24)19-16)9-11(21)17-13(23)18-15(2,3)4/h10H,5-9H2,1-4H3,(H,19,24)(H2,17,18,21,23)/t10-,16-/m0/s1. The number of carbonyl (C=O) groups is 4. The number of amides is 6. The molecule has 0 aromatic rings. The Morgan fingerprint density at radius 2 is 1.96 bits per heavy atom. The van der Waals surface area contributed by atoms with Crippen LogP contribution >= 0.6 is 0 Å². The molecule has 8 nitrogen and oxygen atoms in total. The van der Waals surface area contributed by atoms with Gasteiger partial charge in [0, 0.05) is 5.54 Å². The molecule has 24 heavy (non-hydrogen) atoms. The fourth-order valence-electron chi connectivity index (χ4n) is 3.32. The van der Waals surface area contributed by atoms with Crippen molar-refractivity contribution < 1.29 is 19.2 Å². The Kier molecular flexibility index (Phi) is 4.87. The molecular formula is C16H26N4O4. The fourth-order valence-corrected chi connectivity index (χ4v) is 3.32. The molecular weight excluding hydrogens is 312 g/mol. The van der Waals surface area contributed by atoms with Gasteiger partial charge in [-0.25, -0.2) is 9.59 Å². The zero-order valence-corrected chi connectivity index (χ0v) is 14.7. The van der Waals surface area contributed by atoms with Crippen LogP contribution in [0.5, 0.6) is 0 Å². The van der Waals surface area contributed by atoms with Crippen molar-refractivity contribution in [1.82, 2.24) is 20.9 Å². The van der Waals surface area contributed by atoms with E-state index in [-0.39, 0.29) is 11.8 Å². The van der Waals surface area contributed by atoms with Crippen LogP contribution in [0.4, 0.5) is 9.59 Å². The third-order valence-electron chi connectivity index (χ3n) is 4.54. The second-order valence-electron chi connectivity index (χ2n) is 7.69. The molecule has 3 N–H and O–H groups in total. The van der Waals surface area contributed by atoms with E-state index in [0.29, 0.717) is 6.42 Å². The van der Waals surface area contributed by atoms with Crippen molar-refractivity contribution >= 4 is 23.9 Å². The number of hydrogen-bond acceptors (Lipinski definition) is 4. The van der Waals surface area contributed by atoms with E-state index >= 15 is 0 Å². The van der Waals surface area contributed by atoms with Crippen LogP contribution < -0.4 is 16.0 Å². The molecule has 0 aromatic heterocycles. The van der Waals surface area contributed by atoms with E-state index in [9.17, 15) is 19.2 Å². The summed E-state index contributed by atoms with van der Waals surface area (Å²) in [6.45, 7) is 6.82. The molecule has 1 spiro atoms. The highest BCUT2D eigenvalue weighted by Gasteiger charge is 2.55. The summed E-state index contributed by atoms with van der Waals surface area (Å²) in [5, 5.41) is 7.50. The van der Waals surface area contributed by atoms with Gasteiger partial charge in [0.05, 0.1) is 0 Å². The Morgan fingerprint density at radius 3 is 2.54 bits per heavy atom. The molecule has 1 saturated carbocycles. The minimum absolute atomic E-state index is 0.0277. The molecule has 1 heterocycles. The van der Waals surface area contributed by atoms with Crippen molar-refractivity contribution in [2.75, 3.05) is 6.54 Å². The van der Waals surface area contributed by atoms with Crippen LogP contribution in [0.3, 0.4) is 0 Å². The number of urea groups is 2. The third-order valence-corrected chi connectivity index (χ3v) is 4.54. The van der Waals surface area contributed by atoms with Crippen LogP contribution in [-0.4, -0.2) is 46.4 Å². The Hall–Kier alpha value is -2.12. The predicted molar refractivity (Wildman–Crippen MR) is 87.0 cm³/mol. The van der Waals surface area contributed by atoms with E-state index in [1.54, 1.807) is 20.8 Å². The SMILES string of the molecule is C[C@H]1CCCC[C@]12NC(=O)N(CC(=O)NC(=O)NC(C)(C)C)C2=O. The minimum atomic E-state index is -0.900. The van der Waals surface area contributed by atoms with Crippen molar-refractivity contribution in [3.63, 3.8) is 0 Å². The quantitative estimate of drug-likeness (QED) is 0.656. The molecule has 0 radical (unpaired) electrons. The van der Waals surface area contributed by atoms with Gasteiger partial charge in [-0.3, -0.25) is 19.8 Å². The number of nitrogens with zero attached hydrogens (tertiary/aromatic N) is 1. The molecule has 8 heteroatoms. The van der Waals surface area contributed by atoms with E-state index in [0.717, 1.165) is 24.2 Å². The average Bonchev–Trinajstić information content (AvgIpc) is 2.65. The topological polar surface area (TPSA) is 108 Å². The highest BCUT2D eigenvalue weighted by molar-refractivity contribution is 6.10. The molecule has 1 saturated heterocycles. The van der Waals surface area contributed by atoms with Crippen LogP contribution in [0.25, 0.3) is 0 Å². The lowest BCUT2D eigenvalue weighted by atomic mass is 9.73. The number of nitrogens with one attached hydrogen (secondary N) is 3. The van der Waals surface area contributed by atoms with Crippen LogP contribution in [0.15, 0.2) is 0 Å². The molecule has 2 rings (SSSR count). The van der Waals surface area contributed by atoms with Gasteiger partial charge in [0.2, 0.25) is 5.91 Å². The Labute approximate surface area is 141 Å². The summed E-state index contributed by atoms with van der Waals surface area (Å²) in [6, 6.07) is -1.22. The minimum Gasteiger partial charge on any atom is -0.333 e. The van der Waals surface area contributed by atoms with Gasteiger partial charge in [0.25, 0.3) is 5.91 Å². The van der Waals surface area contributed by atoms with Gasteiger partial charge in [-0.1, -0.05) is 19.8 Å². The van der Waals surface area contributed by atoms with Gasteiger partial charge in [0.1, 0.15) is 12.1 Å². The zero-order chi connectivity index (χ0) is 18.1. The van der Waals surface area contributed by atoms with Crippen molar-refractivity contribution in [2.24, 2.45) is 5.92 Å². The second kappa shape index (κ2) is 6.41. The summed E-state index contributed by atoms with van der Waals surface area (Å²) >= 11 is 0. The Balaban J connectivity index is 2.00. The molecule has 1 aliphatic heterocycles. The summed E-state index contributed by atoms with van der Waals surface area (Å²) in [5.74, 6) is -1.04. The highest BCUT2D eigenvalue weighted by Crippen LogP contribution is 2.38. The summed E-state index contributed by atoms with van der Waals surface area (Å²) in [5.41, 5.74) is -1.39. The molecule has 0 aromatic carbocycles. The number of hydrogen-bond donors (Lipinski definition) is 3. The normalized spacial score (nSPS) is 27.2. The monoisotopic (exact) mass is 338 g/mol. The van der Waals surface area contributed by atoms with Gasteiger partial charge in [-0.2, -0.15) is 0 Å². The largest absolute Gasteiger partial charge is 0.333 e. The maximum absolute atomic E-state index is 12.7. The predicted octanol–water partition coefficient (Wildman–Crippen LogP) is 1.11. The molecule has 134 valence electrons. The van der Waals surface area contributed by atoms with Crippen molar-refractivity contribution in [3.05, 3.63) is 0 Å². The van der Waals surface area contributed by atoms with E-state index < -0.39 is 35.6 Å². The van der Waals surface area contributed by atoms with E-state index in [4.69, 9.17) is 0 Å². The highest BCUT2D eigenvalue weighted by atomic mass is 16.2. The lowest BCUT2D eigenvalue weighted by Gasteiger charge is -2.36. The first-order chi connectivity index (χ1) is 11.0. The summed E-state index contributed by atoms with van der Waals surface area (Å²) in [6.07, 6.45) is 3.34. The first kappa shape index (κ1) is 18.2. The number of imide groups is 2. The van der Waals surface area contributed by atoms with Crippen LogP contribution in [0.2, 0.25) is 0 Å². The second-order valence-corrected chi connectivity index (χ2v) is 7.69. The smallest absolute Gasteiger partial charge is 0.325 e. The molecule has 0 unspecified atom stereocenters. The Morgan fingerprint density at radius 1 is 1.29 bits per heavy atom. The Bertz CT molecular complexity index is 569. The maximum Gasteiger partial charge on any atom is 0.325 e. The average molecular weight is 338 g/mol. The number of carbonyl (C=O) groups excluding carboxylic acids is 4. The lowest BCUT2D eigenvalue weighted by molar-refractivity contribution is -0.137. The zero-order valence-electron chi connectivity index (χ0n) is 14.7. The summed E-state index contributed by atoms with van der Waals surface area (Å²) in [4.78, 5) is 49.5. The van der Waals surface area contributed by atoms with Crippen LogP contribution in [-0.2, 0) is 9.59 Å². The molecule has 6 amide bonds. The third kappa shape index (κ3) is 3.68. The molecule has 2 aliphatic rings. The summed E-state index contributed by atoms with van der Waals surface area (Å²) < 4.78 is 0. The number of rotatable bonds is 2. The van der Waals surface area contributed by atoms with Crippen molar-refractivity contribution in [1.29, 1.82) is 0 Å². The van der Waals surface area contributed by atoms with Gasteiger partial charge < -0.3 is 10.6 Å². The molecule has 1 aliphatic carbocycles. The van der Waals surface area contributed by atoms with Crippen molar-refractivity contribution in [3.8, 4) is 0 Å². The maximum atomic E-state index is 12.7. The first-order valence-electron chi connectivity index (χ1n) is 8.31. The van der Waals surface area contributed by atoms with E-state index in [1.807, 2.05) is 6.92 Å². The van der Waals surface area contributed by atoms with Gasteiger partial charge in [-0.05, 0) is 39.5 Å². The van der Waals surface area contributed by atoms with E-state index in [2.05, 4.69) is 16.0 Å². The van der Waals surface area contributed by atoms with Gasteiger partial charge in [0.15, 0.2) is 0 Å². The fraction of sp³-hybridized carbons (Fsp3) is 0.750. The van der Waals surface area contributed by atoms with Crippen molar-refractivity contribution in [2.45, 2.75) is 64.5 Å². The van der Waals surface area contributed by atoms with Crippen LogP contribution in [0.1, 0.15) is 53.4 Å². The molecule has 0 bridgehead atoms. The molecule has 2 atom stereocenters. The van der Waals surface area contributed by atoms with Gasteiger partial charge in [-0.15, -0.1) is 0 Å². The van der Waals surface area contributed by atoms with E-state index in [1.165, 1.54) is 0 Å². The lowest BCUT2D eigenvalue weighted by Crippen LogP contribution is -2.54. The summed E-state index contributed by atoms with van der Waals surface area (Å²) in [7, 11) is 0. The van der Waals surface area contributed by atoms with Gasteiger partial charge >= 0.3 is 12.1 Å². The molecule has 2 fully saturated rings.